The predicted octanol–water partition coefficient (Wildman–Crippen LogP) is 2.50. The molecule has 0 aromatic carbocycles. The van der Waals surface area contributed by atoms with E-state index < -0.39 is 0 Å². The Morgan fingerprint density at radius 2 is 2.19 bits per heavy atom. The lowest BCUT2D eigenvalue weighted by atomic mass is 9.82. The monoisotopic (exact) mass is 220 g/mol. The van der Waals surface area contributed by atoms with Crippen LogP contribution in [0.15, 0.2) is 15.0 Å². The van der Waals surface area contributed by atoms with E-state index in [2.05, 4.69) is 5.16 Å². The molecule has 4 nitrogen and oxygen atoms in total. The van der Waals surface area contributed by atoms with Gasteiger partial charge < -0.3 is 14.7 Å². The van der Waals surface area contributed by atoms with Gasteiger partial charge in [0, 0.05) is 18.0 Å². The fourth-order valence-corrected chi connectivity index (χ4v) is 2.79. The summed E-state index contributed by atoms with van der Waals surface area (Å²) in [5.41, 5.74) is 8.38. The van der Waals surface area contributed by atoms with Gasteiger partial charge in [-0.05, 0) is 19.8 Å². The van der Waals surface area contributed by atoms with Crippen molar-refractivity contribution in [3.05, 3.63) is 17.5 Å². The second-order valence-corrected chi connectivity index (χ2v) is 4.77. The van der Waals surface area contributed by atoms with Crippen LogP contribution in [-0.2, 0) is 5.41 Å². The highest BCUT2D eigenvalue weighted by molar-refractivity contribution is 5.75. The van der Waals surface area contributed by atoms with E-state index in [9.17, 15) is 0 Å². The first-order chi connectivity index (χ1) is 7.75. The van der Waals surface area contributed by atoms with E-state index >= 15 is 0 Å². The second-order valence-electron chi connectivity index (χ2n) is 4.77. The van der Waals surface area contributed by atoms with E-state index in [1.807, 2.05) is 13.0 Å². The van der Waals surface area contributed by atoms with Crippen LogP contribution >= 0.6 is 0 Å². The summed E-state index contributed by atoms with van der Waals surface area (Å²) in [7, 11) is 0. The molecule has 16 heavy (non-hydrogen) atoms. The van der Waals surface area contributed by atoms with Gasteiger partial charge in [-0.15, -0.1) is 0 Å². The molecule has 0 unspecified atom stereocenters. The highest BCUT2D eigenvalue weighted by Gasteiger charge is 2.39. The second kappa shape index (κ2) is 3.35. The summed E-state index contributed by atoms with van der Waals surface area (Å²) >= 11 is 0. The SMILES string of the molecule is Cc1cc2onc(C3(CN)CCCC3)c2o1. The minimum Gasteiger partial charge on any atom is -0.456 e. The fourth-order valence-electron chi connectivity index (χ4n) is 2.79. The Labute approximate surface area is 93.8 Å². The molecule has 2 N–H and O–H groups in total. The third-order valence-electron chi connectivity index (χ3n) is 3.73. The topological polar surface area (TPSA) is 65.2 Å². The van der Waals surface area contributed by atoms with Gasteiger partial charge >= 0.3 is 0 Å². The minimum atomic E-state index is -0.0183. The summed E-state index contributed by atoms with van der Waals surface area (Å²) in [4.78, 5) is 0. The number of aromatic nitrogens is 1. The third-order valence-corrected chi connectivity index (χ3v) is 3.73. The van der Waals surface area contributed by atoms with E-state index in [4.69, 9.17) is 14.7 Å². The quantitative estimate of drug-likeness (QED) is 0.844. The number of aryl methyl sites for hydroxylation is 1. The maximum Gasteiger partial charge on any atom is 0.205 e. The molecule has 2 aromatic heterocycles. The Morgan fingerprint density at radius 1 is 1.44 bits per heavy atom. The van der Waals surface area contributed by atoms with E-state index in [-0.39, 0.29) is 5.41 Å². The van der Waals surface area contributed by atoms with E-state index in [1.165, 1.54) is 12.8 Å². The lowest BCUT2D eigenvalue weighted by molar-refractivity contribution is 0.378. The van der Waals surface area contributed by atoms with Crippen LogP contribution in [0.1, 0.15) is 37.1 Å². The molecule has 0 spiro atoms. The standard InChI is InChI=1S/C12H16N2O2/c1-8-6-9-10(15-8)11(14-16-9)12(7-13)4-2-3-5-12/h6H,2-5,7,13H2,1H3. The first kappa shape index (κ1) is 9.90. The van der Waals surface area contributed by atoms with Gasteiger partial charge in [0.1, 0.15) is 11.5 Å². The Hall–Kier alpha value is -1.29. The first-order valence-corrected chi connectivity index (χ1v) is 5.81. The molecule has 4 heteroatoms. The molecule has 2 heterocycles. The van der Waals surface area contributed by atoms with Gasteiger partial charge in [0.15, 0.2) is 5.58 Å². The summed E-state index contributed by atoms with van der Waals surface area (Å²) in [5, 5.41) is 4.17. The molecular formula is C12H16N2O2. The molecule has 0 atom stereocenters. The van der Waals surface area contributed by atoms with Gasteiger partial charge in [-0.1, -0.05) is 18.0 Å². The van der Waals surface area contributed by atoms with Crippen LogP contribution in [0.25, 0.3) is 11.2 Å². The van der Waals surface area contributed by atoms with E-state index in [0.29, 0.717) is 6.54 Å². The third kappa shape index (κ3) is 1.23. The summed E-state index contributed by atoms with van der Waals surface area (Å²) in [6.45, 7) is 2.54. The van der Waals surface area contributed by atoms with Crippen molar-refractivity contribution in [1.29, 1.82) is 0 Å². The van der Waals surface area contributed by atoms with Crippen molar-refractivity contribution in [2.45, 2.75) is 38.0 Å². The Kier molecular flexibility index (Phi) is 2.07. The number of furan rings is 1. The predicted molar refractivity (Wildman–Crippen MR) is 60.2 cm³/mol. The van der Waals surface area contributed by atoms with Crippen LogP contribution in [-0.4, -0.2) is 11.7 Å². The van der Waals surface area contributed by atoms with Crippen LogP contribution in [0.4, 0.5) is 0 Å². The molecule has 0 aliphatic heterocycles. The van der Waals surface area contributed by atoms with Crippen LogP contribution in [0.5, 0.6) is 0 Å². The van der Waals surface area contributed by atoms with Crippen LogP contribution in [0.3, 0.4) is 0 Å². The number of rotatable bonds is 2. The average Bonchev–Trinajstić information content (AvgIpc) is 2.92. The van der Waals surface area contributed by atoms with E-state index in [0.717, 1.165) is 35.5 Å². The molecule has 86 valence electrons. The molecule has 3 rings (SSSR count). The molecular weight excluding hydrogens is 204 g/mol. The number of fused-ring (bicyclic) bond motifs is 1. The van der Waals surface area contributed by atoms with Gasteiger partial charge in [-0.2, -0.15) is 0 Å². The van der Waals surface area contributed by atoms with Crippen molar-refractivity contribution in [2.24, 2.45) is 5.73 Å². The van der Waals surface area contributed by atoms with Crippen molar-refractivity contribution in [2.75, 3.05) is 6.54 Å². The smallest absolute Gasteiger partial charge is 0.205 e. The lowest BCUT2D eigenvalue weighted by Crippen LogP contribution is -2.32. The Balaban J connectivity index is 2.16. The molecule has 0 radical (unpaired) electrons. The zero-order valence-corrected chi connectivity index (χ0v) is 9.45. The zero-order chi connectivity index (χ0) is 11.2. The van der Waals surface area contributed by atoms with Crippen LogP contribution in [0, 0.1) is 6.92 Å². The largest absolute Gasteiger partial charge is 0.456 e. The Morgan fingerprint density at radius 3 is 2.88 bits per heavy atom. The highest BCUT2D eigenvalue weighted by atomic mass is 16.5. The van der Waals surface area contributed by atoms with Crippen LogP contribution in [0.2, 0.25) is 0 Å². The maximum absolute atomic E-state index is 5.93. The molecule has 1 aliphatic rings. The van der Waals surface area contributed by atoms with Gasteiger partial charge in [0.05, 0.1) is 0 Å². The summed E-state index contributed by atoms with van der Waals surface area (Å²) in [5.74, 6) is 0.863. The molecule has 0 amide bonds. The molecule has 1 aliphatic carbocycles. The molecule has 1 saturated carbocycles. The maximum atomic E-state index is 5.93. The summed E-state index contributed by atoms with van der Waals surface area (Å²) in [6.07, 6.45) is 4.60. The normalized spacial score (nSPS) is 19.6. The van der Waals surface area contributed by atoms with Gasteiger partial charge in [0.2, 0.25) is 5.58 Å². The average molecular weight is 220 g/mol. The van der Waals surface area contributed by atoms with Gasteiger partial charge in [-0.3, -0.25) is 0 Å². The number of hydrogen-bond acceptors (Lipinski definition) is 4. The molecule has 1 fully saturated rings. The lowest BCUT2D eigenvalue weighted by Gasteiger charge is -2.23. The zero-order valence-electron chi connectivity index (χ0n) is 9.45. The Bertz CT molecular complexity index is 506. The molecule has 0 bridgehead atoms. The van der Waals surface area contributed by atoms with Crippen molar-refractivity contribution >= 4 is 11.2 Å². The first-order valence-electron chi connectivity index (χ1n) is 5.81. The minimum absolute atomic E-state index is 0.0183. The van der Waals surface area contributed by atoms with Gasteiger partial charge in [-0.25, -0.2) is 0 Å². The van der Waals surface area contributed by atoms with Crippen molar-refractivity contribution in [3.63, 3.8) is 0 Å². The van der Waals surface area contributed by atoms with E-state index in [1.54, 1.807) is 0 Å². The number of nitrogens with two attached hydrogens (primary N) is 1. The van der Waals surface area contributed by atoms with Crippen molar-refractivity contribution in [3.8, 4) is 0 Å². The van der Waals surface area contributed by atoms with Crippen molar-refractivity contribution < 1.29 is 8.94 Å². The van der Waals surface area contributed by atoms with Gasteiger partial charge in [0.25, 0.3) is 0 Å². The highest BCUT2D eigenvalue weighted by Crippen LogP contribution is 2.42. The summed E-state index contributed by atoms with van der Waals surface area (Å²) in [6, 6.07) is 1.88. The fraction of sp³-hybridized carbons (Fsp3) is 0.583. The summed E-state index contributed by atoms with van der Waals surface area (Å²) < 4.78 is 11.0. The molecule has 2 aromatic rings. The molecule has 0 saturated heterocycles. The van der Waals surface area contributed by atoms with Crippen molar-refractivity contribution in [1.82, 2.24) is 5.16 Å². The number of nitrogens with zero attached hydrogens (tertiary/aromatic N) is 1. The number of hydrogen-bond donors (Lipinski definition) is 1. The van der Waals surface area contributed by atoms with Crippen LogP contribution < -0.4 is 5.73 Å².